The molecular weight excluding hydrogens is 185 g/mol. The van der Waals surface area contributed by atoms with E-state index in [2.05, 4.69) is 46.6 Å². The quantitative estimate of drug-likeness (QED) is 0.710. The Kier molecular flexibility index (Phi) is 4.98. The monoisotopic (exact) mass is 207 g/mol. The molecule has 0 bridgehead atoms. The van der Waals surface area contributed by atoms with E-state index >= 15 is 0 Å². The molecule has 0 aliphatic carbocycles. The molecule has 0 aromatic rings. The summed E-state index contributed by atoms with van der Waals surface area (Å²) in [6.45, 7) is 13.3. The smallest absolute Gasteiger partial charge is 0.0175 e. The van der Waals surface area contributed by atoms with Crippen LogP contribution in [0.15, 0.2) is 0 Å². The van der Waals surface area contributed by atoms with Crippen LogP contribution in [0.25, 0.3) is 0 Å². The Morgan fingerprint density at radius 2 is 1.25 bits per heavy atom. The minimum absolute atomic E-state index is 0.514. The molecule has 0 saturated carbocycles. The van der Waals surface area contributed by atoms with Gasteiger partial charge in [0.2, 0.25) is 0 Å². The Balaban J connectivity index is 4.53. The lowest BCUT2D eigenvalue weighted by atomic mass is 10.4. The Morgan fingerprint density at radius 1 is 0.917 bits per heavy atom. The van der Waals surface area contributed by atoms with Crippen molar-refractivity contribution in [1.82, 2.24) is 5.09 Å². The van der Waals surface area contributed by atoms with E-state index < -0.39 is 6.19 Å². The normalized spacial score (nSPS) is 13.4. The van der Waals surface area contributed by atoms with Crippen LogP contribution in [-0.2, 0) is 11.8 Å². The zero-order chi connectivity index (χ0) is 9.94. The van der Waals surface area contributed by atoms with Crippen LogP contribution in [0.4, 0.5) is 0 Å². The summed E-state index contributed by atoms with van der Waals surface area (Å²) in [5.41, 5.74) is 1.21. The van der Waals surface area contributed by atoms with Gasteiger partial charge in [-0.3, -0.25) is 5.09 Å². The summed E-state index contributed by atoms with van der Waals surface area (Å²) in [5.74, 6) is 0. The molecule has 0 radical (unpaired) electrons. The molecule has 0 aromatic carbocycles. The molecule has 0 fully saturated rings. The molecule has 1 N–H and O–H groups in total. The van der Waals surface area contributed by atoms with Crippen molar-refractivity contribution in [3.8, 4) is 0 Å². The molecule has 12 heavy (non-hydrogen) atoms. The van der Waals surface area contributed by atoms with Gasteiger partial charge in [0.05, 0.1) is 0 Å². The third kappa shape index (κ3) is 3.16. The molecule has 1 nitrogen and oxygen atoms in total. The summed E-state index contributed by atoms with van der Waals surface area (Å²) >= 11 is 5.73. The molecule has 0 atom stereocenters. The van der Waals surface area contributed by atoms with Gasteiger partial charge < -0.3 is 0 Å². The Labute approximate surface area is 82.4 Å². The molecule has 0 aliphatic rings. The first-order valence-corrected chi connectivity index (χ1v) is 7.62. The minimum Gasteiger partial charge on any atom is -0.286 e. The summed E-state index contributed by atoms with van der Waals surface area (Å²) in [4.78, 5) is 0. The molecule has 0 aromatic heterocycles. The summed E-state index contributed by atoms with van der Waals surface area (Å²) in [6, 6.07) is 0.514. The first kappa shape index (κ1) is 12.6. The largest absolute Gasteiger partial charge is 0.286 e. The van der Waals surface area contributed by atoms with E-state index in [1.807, 2.05) is 0 Å². The standard InChI is InChI=1S/C9H22NPS/c1-7(2)10-11(12,8(3)4)9(5)6/h7-9H,1-6H3,(H,10,12). The summed E-state index contributed by atoms with van der Waals surface area (Å²) < 4.78 is 0. The van der Waals surface area contributed by atoms with Crippen LogP contribution in [0.2, 0.25) is 0 Å². The Hall–Kier alpha value is 0.610. The van der Waals surface area contributed by atoms with E-state index in [1.165, 1.54) is 0 Å². The number of rotatable bonds is 4. The van der Waals surface area contributed by atoms with Gasteiger partial charge in [-0.1, -0.05) is 39.5 Å². The Bertz CT molecular complexity index is 163. The Morgan fingerprint density at radius 3 is 1.33 bits per heavy atom. The first-order chi connectivity index (χ1) is 5.30. The molecule has 0 heterocycles. The fourth-order valence-corrected chi connectivity index (χ4v) is 4.53. The predicted molar refractivity (Wildman–Crippen MR) is 62.8 cm³/mol. The van der Waals surface area contributed by atoms with Crippen LogP contribution in [0, 0.1) is 0 Å². The third-order valence-corrected chi connectivity index (χ3v) is 8.83. The van der Waals surface area contributed by atoms with Gasteiger partial charge in [0.25, 0.3) is 0 Å². The molecule has 0 rings (SSSR count). The predicted octanol–water partition coefficient (Wildman–Crippen LogP) is 3.20. The van der Waals surface area contributed by atoms with Gasteiger partial charge in [-0.2, -0.15) is 0 Å². The van der Waals surface area contributed by atoms with E-state index in [0.717, 1.165) is 0 Å². The van der Waals surface area contributed by atoms with E-state index in [-0.39, 0.29) is 0 Å². The second-order valence-electron chi connectivity index (χ2n) is 4.18. The van der Waals surface area contributed by atoms with Crippen molar-refractivity contribution in [3.05, 3.63) is 0 Å². The zero-order valence-electron chi connectivity index (χ0n) is 9.09. The number of hydrogen-bond acceptors (Lipinski definition) is 1. The average molecular weight is 207 g/mol. The second-order valence-corrected chi connectivity index (χ2v) is 9.74. The highest BCUT2D eigenvalue weighted by Gasteiger charge is 2.25. The fourth-order valence-electron chi connectivity index (χ4n) is 1.30. The van der Waals surface area contributed by atoms with Crippen molar-refractivity contribution in [1.29, 1.82) is 0 Å². The topological polar surface area (TPSA) is 12.0 Å². The van der Waals surface area contributed by atoms with Crippen molar-refractivity contribution in [2.75, 3.05) is 0 Å². The van der Waals surface area contributed by atoms with E-state index in [0.29, 0.717) is 17.4 Å². The van der Waals surface area contributed by atoms with Crippen LogP contribution < -0.4 is 5.09 Å². The molecule has 0 amide bonds. The summed E-state index contributed by atoms with van der Waals surface area (Å²) in [7, 11) is 0. The van der Waals surface area contributed by atoms with E-state index in [1.54, 1.807) is 0 Å². The average Bonchev–Trinajstić information content (AvgIpc) is 1.84. The SMILES string of the molecule is CC(C)NP(=S)(C(C)C)C(C)C. The minimum atomic E-state index is -1.34. The van der Waals surface area contributed by atoms with Crippen LogP contribution in [-0.4, -0.2) is 17.4 Å². The molecule has 0 saturated heterocycles. The van der Waals surface area contributed by atoms with Gasteiger partial charge in [0.15, 0.2) is 0 Å². The van der Waals surface area contributed by atoms with Gasteiger partial charge in [-0.05, 0) is 25.2 Å². The van der Waals surface area contributed by atoms with Crippen molar-refractivity contribution < 1.29 is 0 Å². The highest BCUT2D eigenvalue weighted by atomic mass is 32.4. The van der Waals surface area contributed by atoms with Gasteiger partial charge in [0, 0.05) is 12.2 Å². The van der Waals surface area contributed by atoms with Crippen molar-refractivity contribution in [2.45, 2.75) is 58.9 Å². The maximum atomic E-state index is 5.73. The lowest BCUT2D eigenvalue weighted by molar-refractivity contribution is 0.741. The van der Waals surface area contributed by atoms with Crippen molar-refractivity contribution in [2.24, 2.45) is 0 Å². The maximum Gasteiger partial charge on any atom is 0.0175 e. The molecular formula is C9H22NPS. The van der Waals surface area contributed by atoms with Crippen molar-refractivity contribution in [3.63, 3.8) is 0 Å². The first-order valence-electron chi connectivity index (χ1n) is 4.68. The van der Waals surface area contributed by atoms with Gasteiger partial charge in [-0.15, -0.1) is 0 Å². The summed E-state index contributed by atoms with van der Waals surface area (Å²) in [5, 5.41) is 3.58. The molecule has 74 valence electrons. The zero-order valence-corrected chi connectivity index (χ0v) is 10.8. The molecule has 0 unspecified atom stereocenters. The molecule has 0 aliphatic heterocycles. The van der Waals surface area contributed by atoms with Crippen LogP contribution in [0.1, 0.15) is 41.5 Å². The summed E-state index contributed by atoms with van der Waals surface area (Å²) in [6.07, 6.45) is -1.34. The van der Waals surface area contributed by atoms with E-state index in [4.69, 9.17) is 11.8 Å². The lowest BCUT2D eigenvalue weighted by Gasteiger charge is -2.33. The second kappa shape index (κ2) is 4.74. The van der Waals surface area contributed by atoms with Crippen LogP contribution in [0.5, 0.6) is 0 Å². The lowest BCUT2D eigenvalue weighted by Crippen LogP contribution is -2.27. The van der Waals surface area contributed by atoms with Gasteiger partial charge >= 0.3 is 0 Å². The number of nitrogens with one attached hydrogen (secondary N) is 1. The van der Waals surface area contributed by atoms with Crippen molar-refractivity contribution >= 4 is 18.0 Å². The van der Waals surface area contributed by atoms with Gasteiger partial charge in [-0.25, -0.2) is 0 Å². The highest BCUT2D eigenvalue weighted by molar-refractivity contribution is 8.14. The maximum absolute atomic E-state index is 5.73. The van der Waals surface area contributed by atoms with E-state index in [9.17, 15) is 0 Å². The molecule has 0 spiro atoms. The third-order valence-electron chi connectivity index (χ3n) is 1.99. The molecule has 3 heteroatoms. The van der Waals surface area contributed by atoms with Crippen LogP contribution in [0.3, 0.4) is 0 Å². The number of hydrogen-bond donors (Lipinski definition) is 1. The fraction of sp³-hybridized carbons (Fsp3) is 1.00. The van der Waals surface area contributed by atoms with Crippen LogP contribution >= 0.6 is 6.19 Å². The van der Waals surface area contributed by atoms with Gasteiger partial charge in [0.1, 0.15) is 0 Å². The highest BCUT2D eigenvalue weighted by Crippen LogP contribution is 2.51.